The minimum atomic E-state index is -0.274. The first-order valence-electron chi connectivity index (χ1n) is 9.07. The molecule has 1 aromatic rings. The molecule has 0 saturated heterocycles. The zero-order chi connectivity index (χ0) is 17.1. The van der Waals surface area contributed by atoms with E-state index in [4.69, 9.17) is 4.74 Å². The maximum absolute atomic E-state index is 12.1. The van der Waals surface area contributed by atoms with Gasteiger partial charge in [0.1, 0.15) is 0 Å². The van der Waals surface area contributed by atoms with Crippen molar-refractivity contribution >= 4 is 17.6 Å². The number of fused-ring (bicyclic) bond motifs is 2. The molecule has 4 nitrogen and oxygen atoms in total. The highest BCUT2D eigenvalue weighted by atomic mass is 16.5. The van der Waals surface area contributed by atoms with Crippen LogP contribution >= 0.6 is 0 Å². The first-order valence-corrected chi connectivity index (χ1v) is 9.07. The van der Waals surface area contributed by atoms with Gasteiger partial charge >= 0.3 is 5.97 Å². The van der Waals surface area contributed by atoms with Crippen LogP contribution in [0.3, 0.4) is 0 Å². The van der Waals surface area contributed by atoms with Gasteiger partial charge in [-0.15, -0.1) is 0 Å². The van der Waals surface area contributed by atoms with E-state index in [9.17, 15) is 9.59 Å². The molecule has 1 N–H and O–H groups in total. The van der Waals surface area contributed by atoms with E-state index < -0.39 is 0 Å². The molecule has 0 heterocycles. The van der Waals surface area contributed by atoms with Gasteiger partial charge < -0.3 is 10.1 Å². The number of hydrogen-bond acceptors (Lipinski definition) is 3. The van der Waals surface area contributed by atoms with E-state index in [1.807, 2.05) is 24.3 Å². The van der Waals surface area contributed by atoms with Gasteiger partial charge in [-0.3, -0.25) is 9.59 Å². The van der Waals surface area contributed by atoms with Crippen molar-refractivity contribution in [3.05, 3.63) is 29.8 Å². The number of carbonyl (C=O) groups is 2. The number of amides is 1. The monoisotopic (exact) mass is 329 g/mol. The second kappa shape index (κ2) is 7.37. The smallest absolute Gasteiger partial charge is 0.306 e. The van der Waals surface area contributed by atoms with Gasteiger partial charge in [0.2, 0.25) is 0 Å². The molecule has 2 bridgehead atoms. The van der Waals surface area contributed by atoms with Crippen molar-refractivity contribution in [3.8, 4) is 0 Å². The number of benzene rings is 1. The molecular formula is C20H27NO3. The molecule has 4 heteroatoms. The maximum atomic E-state index is 12.1. The van der Waals surface area contributed by atoms with Gasteiger partial charge in [0.15, 0.2) is 6.61 Å². The van der Waals surface area contributed by atoms with Crippen molar-refractivity contribution in [2.75, 3.05) is 11.9 Å². The van der Waals surface area contributed by atoms with Crippen LogP contribution in [0.1, 0.15) is 57.4 Å². The Bertz CT molecular complexity index is 611. The number of anilines is 1. The summed E-state index contributed by atoms with van der Waals surface area (Å²) in [6.07, 6.45) is 5.50. The highest BCUT2D eigenvalue weighted by Crippen LogP contribution is 2.49. The number of hydrogen-bond donors (Lipinski definition) is 1. The number of para-hydroxylation sites is 1. The number of rotatable bonds is 6. The minimum absolute atomic E-state index is 0.202. The molecule has 130 valence electrons. The van der Waals surface area contributed by atoms with Crippen LogP contribution in [0.15, 0.2) is 24.3 Å². The predicted octanol–water partition coefficient (Wildman–Crippen LogP) is 4.12. The molecule has 0 radical (unpaired) electrons. The lowest BCUT2D eigenvalue weighted by molar-refractivity contribution is -0.148. The van der Waals surface area contributed by atoms with E-state index in [0.717, 1.165) is 23.6 Å². The van der Waals surface area contributed by atoms with Crippen molar-refractivity contribution < 1.29 is 14.3 Å². The molecule has 2 aliphatic carbocycles. The van der Waals surface area contributed by atoms with E-state index in [1.165, 1.54) is 19.3 Å². The molecule has 0 spiro atoms. The second-order valence-corrected chi connectivity index (χ2v) is 7.59. The summed E-state index contributed by atoms with van der Waals surface area (Å²) < 4.78 is 5.19. The van der Waals surface area contributed by atoms with Crippen LogP contribution in [0, 0.1) is 17.8 Å². The average Bonchev–Trinajstić information content (AvgIpc) is 3.16. The Balaban J connectivity index is 1.45. The fourth-order valence-electron chi connectivity index (χ4n) is 4.35. The molecular weight excluding hydrogens is 302 g/mol. The van der Waals surface area contributed by atoms with Crippen molar-refractivity contribution in [1.29, 1.82) is 0 Å². The highest BCUT2D eigenvalue weighted by molar-refractivity contribution is 5.93. The number of esters is 1. The average molecular weight is 329 g/mol. The molecule has 0 aliphatic heterocycles. The first kappa shape index (κ1) is 17.0. The molecule has 3 rings (SSSR count). The minimum Gasteiger partial charge on any atom is -0.456 e. The number of ether oxygens (including phenoxy) is 1. The fourth-order valence-corrected chi connectivity index (χ4v) is 4.35. The summed E-state index contributed by atoms with van der Waals surface area (Å²) in [5, 5.41) is 2.85. The van der Waals surface area contributed by atoms with E-state index >= 15 is 0 Å². The maximum Gasteiger partial charge on any atom is 0.306 e. The lowest BCUT2D eigenvalue weighted by Crippen LogP contribution is -2.23. The van der Waals surface area contributed by atoms with Gasteiger partial charge in [-0.1, -0.05) is 38.5 Å². The van der Waals surface area contributed by atoms with Gasteiger partial charge in [0.05, 0.1) is 0 Å². The number of carbonyl (C=O) groups excluding carboxylic acids is 2. The Hall–Kier alpha value is -1.84. The van der Waals surface area contributed by atoms with Crippen molar-refractivity contribution in [3.63, 3.8) is 0 Å². The summed E-state index contributed by atoms with van der Waals surface area (Å²) in [6, 6.07) is 7.73. The van der Waals surface area contributed by atoms with Gasteiger partial charge in [-0.2, -0.15) is 0 Å². The molecule has 24 heavy (non-hydrogen) atoms. The third kappa shape index (κ3) is 3.97. The van der Waals surface area contributed by atoms with Crippen LogP contribution in [0.4, 0.5) is 5.69 Å². The molecule has 1 amide bonds. The van der Waals surface area contributed by atoms with Crippen LogP contribution in [0.5, 0.6) is 0 Å². The molecule has 2 aliphatic rings. The van der Waals surface area contributed by atoms with E-state index in [-0.39, 0.29) is 18.5 Å². The summed E-state index contributed by atoms with van der Waals surface area (Å²) in [5.41, 5.74) is 1.88. The standard InChI is InChI=1S/C20H27NO3/c1-13(2)17-5-3-4-6-18(17)21-19(22)12-24-20(23)11-16-10-14-7-8-15(16)9-14/h3-6,13-16H,7-12H2,1-2H3,(H,21,22)/t14-,15+,16-/m0/s1. The lowest BCUT2D eigenvalue weighted by atomic mass is 9.86. The zero-order valence-corrected chi connectivity index (χ0v) is 14.6. The van der Waals surface area contributed by atoms with Gasteiger partial charge in [0.25, 0.3) is 5.91 Å². The molecule has 0 unspecified atom stereocenters. The Morgan fingerprint density at radius 2 is 2.00 bits per heavy atom. The molecule has 0 aromatic heterocycles. The second-order valence-electron chi connectivity index (χ2n) is 7.59. The Kier molecular flexibility index (Phi) is 5.22. The van der Waals surface area contributed by atoms with Crippen LogP contribution < -0.4 is 5.32 Å². The van der Waals surface area contributed by atoms with Crippen molar-refractivity contribution in [2.24, 2.45) is 17.8 Å². The number of nitrogens with one attached hydrogen (secondary N) is 1. The van der Waals surface area contributed by atoms with Gasteiger partial charge in [-0.05, 0) is 54.6 Å². The molecule has 3 atom stereocenters. The predicted molar refractivity (Wildman–Crippen MR) is 93.7 cm³/mol. The van der Waals surface area contributed by atoms with Crippen LogP contribution in [-0.2, 0) is 14.3 Å². The van der Waals surface area contributed by atoms with E-state index in [1.54, 1.807) is 0 Å². The zero-order valence-electron chi connectivity index (χ0n) is 14.6. The normalized spacial score (nSPS) is 25.0. The summed E-state index contributed by atoms with van der Waals surface area (Å²) in [6.45, 7) is 3.97. The Labute approximate surface area is 144 Å². The van der Waals surface area contributed by atoms with E-state index in [2.05, 4.69) is 19.2 Å². The van der Waals surface area contributed by atoms with Crippen molar-refractivity contribution in [1.82, 2.24) is 0 Å². The first-order chi connectivity index (χ1) is 11.5. The Morgan fingerprint density at radius 3 is 2.67 bits per heavy atom. The van der Waals surface area contributed by atoms with E-state index in [0.29, 0.717) is 24.2 Å². The van der Waals surface area contributed by atoms with Crippen molar-refractivity contribution in [2.45, 2.75) is 51.9 Å². The largest absolute Gasteiger partial charge is 0.456 e. The van der Waals surface area contributed by atoms with Crippen LogP contribution in [-0.4, -0.2) is 18.5 Å². The summed E-state index contributed by atoms with van der Waals surface area (Å²) >= 11 is 0. The topological polar surface area (TPSA) is 55.4 Å². The SMILES string of the molecule is CC(C)c1ccccc1NC(=O)COC(=O)C[C@@H]1C[C@H]2CC[C@@H]1C2. The summed E-state index contributed by atoms with van der Waals surface area (Å²) in [5.74, 6) is 1.81. The lowest BCUT2D eigenvalue weighted by Gasteiger charge is -2.20. The quantitative estimate of drug-likeness (QED) is 0.799. The third-order valence-electron chi connectivity index (χ3n) is 5.53. The molecule has 2 fully saturated rings. The summed E-state index contributed by atoms with van der Waals surface area (Å²) in [4.78, 5) is 24.1. The molecule has 1 aromatic carbocycles. The summed E-state index contributed by atoms with van der Waals surface area (Å²) in [7, 11) is 0. The highest BCUT2D eigenvalue weighted by Gasteiger charge is 2.40. The Morgan fingerprint density at radius 1 is 1.21 bits per heavy atom. The van der Waals surface area contributed by atoms with Gasteiger partial charge in [-0.25, -0.2) is 0 Å². The van der Waals surface area contributed by atoms with Crippen LogP contribution in [0.25, 0.3) is 0 Å². The fraction of sp³-hybridized carbons (Fsp3) is 0.600. The van der Waals surface area contributed by atoms with Crippen LogP contribution in [0.2, 0.25) is 0 Å². The third-order valence-corrected chi connectivity index (χ3v) is 5.53. The van der Waals surface area contributed by atoms with Gasteiger partial charge in [0, 0.05) is 12.1 Å². The molecule has 2 saturated carbocycles.